The van der Waals surface area contributed by atoms with E-state index in [1.807, 2.05) is 49.7 Å². The number of fused-ring (bicyclic) bond motifs is 1. The number of carbonyl (C=O) groups is 1. The molecule has 0 aliphatic heterocycles. The van der Waals surface area contributed by atoms with E-state index >= 15 is 0 Å². The van der Waals surface area contributed by atoms with Gasteiger partial charge in [-0.15, -0.1) is 23.1 Å². The standard InChI is InChI=1S/C20H19N5OS2/c1-4-27-17-8-7-13(11-21-17)22-20(26)14-10-15(16-6-5-9-28-16)23-19-18(14)12(2)24-25(19)3/h5-11H,4H2,1-3H3,(H,22,26). The summed E-state index contributed by atoms with van der Waals surface area (Å²) in [6, 6.07) is 9.60. The minimum absolute atomic E-state index is 0.195. The maximum absolute atomic E-state index is 13.1. The van der Waals surface area contributed by atoms with E-state index in [4.69, 9.17) is 4.98 Å². The van der Waals surface area contributed by atoms with E-state index in [0.717, 1.165) is 32.4 Å². The molecule has 8 heteroatoms. The number of nitrogens with zero attached hydrogens (tertiary/aromatic N) is 4. The lowest BCUT2D eigenvalue weighted by Gasteiger charge is -2.09. The second kappa shape index (κ2) is 7.73. The lowest BCUT2D eigenvalue weighted by Crippen LogP contribution is -2.13. The van der Waals surface area contributed by atoms with Crippen LogP contribution >= 0.6 is 23.1 Å². The fourth-order valence-corrected chi connectivity index (χ4v) is 4.33. The number of amides is 1. The van der Waals surface area contributed by atoms with E-state index in [1.54, 1.807) is 34.0 Å². The van der Waals surface area contributed by atoms with Gasteiger partial charge in [-0.2, -0.15) is 5.10 Å². The van der Waals surface area contributed by atoms with Crippen LogP contribution in [-0.2, 0) is 7.05 Å². The fraction of sp³-hybridized carbons (Fsp3) is 0.200. The average molecular weight is 410 g/mol. The van der Waals surface area contributed by atoms with E-state index < -0.39 is 0 Å². The molecule has 0 fully saturated rings. The summed E-state index contributed by atoms with van der Waals surface area (Å²) in [5.74, 6) is 0.762. The van der Waals surface area contributed by atoms with Gasteiger partial charge in [0.25, 0.3) is 5.91 Å². The van der Waals surface area contributed by atoms with Gasteiger partial charge in [0.1, 0.15) is 0 Å². The van der Waals surface area contributed by atoms with Crippen LogP contribution in [0, 0.1) is 6.92 Å². The number of rotatable bonds is 5. The molecular weight excluding hydrogens is 390 g/mol. The van der Waals surface area contributed by atoms with Gasteiger partial charge in [0.2, 0.25) is 0 Å². The van der Waals surface area contributed by atoms with Crippen LogP contribution in [0.5, 0.6) is 0 Å². The SMILES string of the molecule is CCSc1ccc(NC(=O)c2cc(-c3cccs3)nc3c2c(C)nn3C)cn1. The summed E-state index contributed by atoms with van der Waals surface area (Å²) >= 11 is 3.26. The lowest BCUT2D eigenvalue weighted by molar-refractivity contribution is 0.102. The Kier molecular flexibility index (Phi) is 5.15. The first-order chi connectivity index (χ1) is 13.6. The summed E-state index contributed by atoms with van der Waals surface area (Å²) in [6.07, 6.45) is 1.69. The van der Waals surface area contributed by atoms with Crippen LogP contribution < -0.4 is 5.32 Å². The van der Waals surface area contributed by atoms with Gasteiger partial charge < -0.3 is 5.32 Å². The molecule has 0 radical (unpaired) electrons. The highest BCUT2D eigenvalue weighted by molar-refractivity contribution is 7.99. The number of pyridine rings is 2. The van der Waals surface area contributed by atoms with Gasteiger partial charge in [-0.1, -0.05) is 13.0 Å². The van der Waals surface area contributed by atoms with E-state index in [0.29, 0.717) is 16.9 Å². The van der Waals surface area contributed by atoms with Crippen LogP contribution in [0.4, 0.5) is 5.69 Å². The summed E-state index contributed by atoms with van der Waals surface area (Å²) in [6.45, 7) is 3.97. The average Bonchev–Trinajstić information content (AvgIpc) is 3.32. The Morgan fingerprint density at radius 1 is 1.32 bits per heavy atom. The zero-order valence-corrected chi connectivity index (χ0v) is 17.4. The summed E-state index contributed by atoms with van der Waals surface area (Å²) in [7, 11) is 1.84. The van der Waals surface area contributed by atoms with Gasteiger partial charge in [0, 0.05) is 7.05 Å². The molecule has 4 aromatic rings. The topological polar surface area (TPSA) is 72.7 Å². The van der Waals surface area contributed by atoms with Crippen LogP contribution in [0.15, 0.2) is 46.9 Å². The van der Waals surface area contributed by atoms with Gasteiger partial charge in [-0.05, 0) is 42.3 Å². The fourth-order valence-electron chi connectivity index (χ4n) is 3.06. The van der Waals surface area contributed by atoms with Crippen LogP contribution in [0.2, 0.25) is 0 Å². The monoisotopic (exact) mass is 409 g/mol. The molecule has 28 heavy (non-hydrogen) atoms. The number of carbonyl (C=O) groups excluding carboxylic acids is 1. The molecule has 6 nitrogen and oxygen atoms in total. The van der Waals surface area contributed by atoms with E-state index in [1.165, 1.54) is 0 Å². The van der Waals surface area contributed by atoms with Crippen LogP contribution in [0.25, 0.3) is 21.6 Å². The van der Waals surface area contributed by atoms with Crippen molar-refractivity contribution >= 4 is 45.7 Å². The molecule has 0 atom stereocenters. The third-order valence-corrected chi connectivity index (χ3v) is 5.99. The second-order valence-electron chi connectivity index (χ2n) is 6.21. The van der Waals surface area contributed by atoms with Crippen molar-refractivity contribution in [3.63, 3.8) is 0 Å². The molecule has 0 saturated carbocycles. The Morgan fingerprint density at radius 3 is 2.86 bits per heavy atom. The highest BCUT2D eigenvalue weighted by atomic mass is 32.2. The quantitative estimate of drug-likeness (QED) is 0.481. The minimum Gasteiger partial charge on any atom is -0.321 e. The van der Waals surface area contributed by atoms with Gasteiger partial charge in [-0.3, -0.25) is 9.48 Å². The van der Waals surface area contributed by atoms with E-state index in [2.05, 4.69) is 22.3 Å². The van der Waals surface area contributed by atoms with Gasteiger partial charge in [0.05, 0.1) is 44.1 Å². The predicted octanol–water partition coefficient (Wildman–Crippen LogP) is 4.76. The molecule has 0 unspecified atom stereocenters. The molecule has 4 aromatic heterocycles. The van der Waals surface area contributed by atoms with Crippen molar-refractivity contribution in [2.45, 2.75) is 18.9 Å². The molecule has 142 valence electrons. The van der Waals surface area contributed by atoms with Crippen LogP contribution in [0.1, 0.15) is 23.0 Å². The molecule has 1 amide bonds. The third kappa shape index (κ3) is 3.53. The highest BCUT2D eigenvalue weighted by Gasteiger charge is 2.19. The number of hydrogen-bond acceptors (Lipinski definition) is 6. The molecular formula is C20H19N5OS2. The van der Waals surface area contributed by atoms with E-state index in [9.17, 15) is 4.79 Å². The minimum atomic E-state index is -0.195. The van der Waals surface area contributed by atoms with E-state index in [-0.39, 0.29) is 5.91 Å². The van der Waals surface area contributed by atoms with Crippen molar-refractivity contribution in [1.29, 1.82) is 0 Å². The zero-order valence-electron chi connectivity index (χ0n) is 15.8. The Balaban J connectivity index is 1.75. The van der Waals surface area contributed by atoms with Crippen molar-refractivity contribution in [2.24, 2.45) is 7.05 Å². The molecule has 0 bridgehead atoms. The normalized spacial score (nSPS) is 11.1. The number of hydrogen-bond donors (Lipinski definition) is 1. The zero-order chi connectivity index (χ0) is 19.7. The highest BCUT2D eigenvalue weighted by Crippen LogP contribution is 2.29. The first kappa shape index (κ1) is 18.6. The number of aromatic nitrogens is 4. The Morgan fingerprint density at radius 2 is 2.18 bits per heavy atom. The largest absolute Gasteiger partial charge is 0.321 e. The van der Waals surface area contributed by atoms with Crippen molar-refractivity contribution in [1.82, 2.24) is 19.7 Å². The molecule has 0 aliphatic rings. The first-order valence-corrected chi connectivity index (χ1v) is 10.7. The number of anilines is 1. The second-order valence-corrected chi connectivity index (χ2v) is 8.44. The first-order valence-electron chi connectivity index (χ1n) is 8.85. The predicted molar refractivity (Wildman–Crippen MR) is 115 cm³/mol. The van der Waals surface area contributed by atoms with Crippen molar-refractivity contribution in [2.75, 3.05) is 11.1 Å². The smallest absolute Gasteiger partial charge is 0.256 e. The molecule has 1 N–H and O–H groups in total. The Bertz CT molecular complexity index is 1130. The third-order valence-electron chi connectivity index (χ3n) is 4.27. The maximum atomic E-state index is 13.1. The van der Waals surface area contributed by atoms with Gasteiger partial charge in [0.15, 0.2) is 5.65 Å². The van der Waals surface area contributed by atoms with Crippen LogP contribution in [-0.4, -0.2) is 31.4 Å². The molecule has 4 rings (SSSR count). The lowest BCUT2D eigenvalue weighted by atomic mass is 10.1. The molecule has 0 spiro atoms. The van der Waals surface area contributed by atoms with Crippen molar-refractivity contribution in [3.05, 3.63) is 53.2 Å². The summed E-state index contributed by atoms with van der Waals surface area (Å²) in [5.41, 5.74) is 3.46. The van der Waals surface area contributed by atoms with Gasteiger partial charge in [-0.25, -0.2) is 9.97 Å². The molecule has 0 aromatic carbocycles. The van der Waals surface area contributed by atoms with Crippen molar-refractivity contribution in [3.8, 4) is 10.6 Å². The Hall–Kier alpha value is -2.71. The summed E-state index contributed by atoms with van der Waals surface area (Å²) < 4.78 is 1.72. The van der Waals surface area contributed by atoms with Crippen LogP contribution in [0.3, 0.4) is 0 Å². The molecule has 0 saturated heterocycles. The number of nitrogens with one attached hydrogen (secondary N) is 1. The number of thiophene rings is 1. The number of aryl methyl sites for hydroxylation is 2. The summed E-state index contributed by atoms with van der Waals surface area (Å²) in [4.78, 5) is 23.2. The summed E-state index contributed by atoms with van der Waals surface area (Å²) in [5, 5.41) is 11.1. The Labute approximate surface area is 171 Å². The maximum Gasteiger partial charge on any atom is 0.256 e. The number of thioether (sulfide) groups is 1. The molecule has 4 heterocycles. The van der Waals surface area contributed by atoms with Crippen molar-refractivity contribution < 1.29 is 4.79 Å². The van der Waals surface area contributed by atoms with Gasteiger partial charge >= 0.3 is 0 Å². The molecule has 0 aliphatic carbocycles.